The number of hydrogen-bond acceptors (Lipinski definition) is 3. The van der Waals surface area contributed by atoms with Crippen LogP contribution < -0.4 is 5.32 Å². The van der Waals surface area contributed by atoms with Gasteiger partial charge in [-0.3, -0.25) is 4.98 Å². The van der Waals surface area contributed by atoms with Gasteiger partial charge in [0, 0.05) is 31.2 Å². The van der Waals surface area contributed by atoms with E-state index < -0.39 is 0 Å². The summed E-state index contributed by atoms with van der Waals surface area (Å²) < 4.78 is 0. The maximum atomic E-state index is 5.93. The molecule has 72 valence electrons. The van der Waals surface area contributed by atoms with Crippen LogP contribution in [0.3, 0.4) is 0 Å². The minimum Gasteiger partial charge on any atom is -0.312 e. The zero-order valence-corrected chi connectivity index (χ0v) is 9.16. The normalized spacial score (nSPS) is 10.3. The largest absolute Gasteiger partial charge is 0.312 e. The van der Waals surface area contributed by atoms with Gasteiger partial charge in [-0.1, -0.05) is 11.6 Å². The quantitative estimate of drug-likeness (QED) is 0.764. The molecule has 1 aromatic rings. The molecule has 13 heavy (non-hydrogen) atoms. The van der Waals surface area contributed by atoms with Crippen molar-refractivity contribution < 1.29 is 0 Å². The molecule has 0 unspecified atom stereocenters. The maximum absolute atomic E-state index is 5.93. The van der Waals surface area contributed by atoms with Crippen LogP contribution in [0.5, 0.6) is 0 Å². The van der Waals surface area contributed by atoms with Crippen LogP contribution in [0.2, 0.25) is 5.02 Å². The number of hydrogen-bond donors (Lipinski definition) is 1. The van der Waals surface area contributed by atoms with Crippen LogP contribution in [-0.4, -0.2) is 23.5 Å². The molecule has 0 amide bonds. The summed E-state index contributed by atoms with van der Waals surface area (Å²) in [6, 6.07) is 1.94. The Bertz CT molecular complexity index is 255. The third kappa shape index (κ3) is 3.98. The average molecular weight is 217 g/mol. The summed E-state index contributed by atoms with van der Waals surface area (Å²) in [4.78, 5) is 3.93. The van der Waals surface area contributed by atoms with E-state index in [0.29, 0.717) is 0 Å². The monoisotopic (exact) mass is 216 g/mol. The fourth-order valence-corrected chi connectivity index (χ4v) is 1.48. The van der Waals surface area contributed by atoms with Gasteiger partial charge in [-0.05, 0) is 17.9 Å². The number of aromatic nitrogens is 1. The average Bonchev–Trinajstić information content (AvgIpc) is 2.15. The molecule has 0 aromatic carbocycles. The summed E-state index contributed by atoms with van der Waals surface area (Å²) in [6.45, 7) is 1.84. The third-order valence-electron chi connectivity index (χ3n) is 1.65. The lowest BCUT2D eigenvalue weighted by Gasteiger charge is -2.04. The van der Waals surface area contributed by atoms with E-state index in [1.807, 2.05) is 17.8 Å². The smallest absolute Gasteiger partial charge is 0.0634 e. The lowest BCUT2D eigenvalue weighted by Crippen LogP contribution is -2.16. The molecule has 4 heteroatoms. The summed E-state index contributed by atoms with van der Waals surface area (Å²) in [5.41, 5.74) is 1.11. The van der Waals surface area contributed by atoms with Crippen LogP contribution in [0, 0.1) is 0 Å². The second kappa shape index (κ2) is 6.24. The Morgan fingerprint density at radius 1 is 1.62 bits per heavy atom. The molecule has 1 aromatic heterocycles. The number of nitrogens with zero attached hydrogens (tertiary/aromatic N) is 1. The Kier molecular flexibility index (Phi) is 5.20. The fraction of sp³-hybridized carbons (Fsp3) is 0.444. The Labute approximate surface area is 88.1 Å². The van der Waals surface area contributed by atoms with Gasteiger partial charge in [0.1, 0.15) is 0 Å². The second-order valence-electron chi connectivity index (χ2n) is 2.64. The highest BCUT2D eigenvalue weighted by Gasteiger charge is 1.97. The summed E-state index contributed by atoms with van der Waals surface area (Å²) in [7, 11) is 0. The van der Waals surface area contributed by atoms with E-state index in [1.54, 1.807) is 12.4 Å². The molecule has 0 bridgehead atoms. The predicted octanol–water partition coefficient (Wildman–Crippen LogP) is 2.19. The second-order valence-corrected chi connectivity index (χ2v) is 4.03. The number of nitrogens with one attached hydrogen (secondary N) is 1. The van der Waals surface area contributed by atoms with Crippen LogP contribution in [0.25, 0.3) is 0 Å². The molecule has 0 aliphatic rings. The SMILES string of the molecule is CSCCNCc1ccncc1Cl. The van der Waals surface area contributed by atoms with Crippen molar-refractivity contribution in [2.75, 3.05) is 18.6 Å². The molecule has 1 rings (SSSR count). The first-order valence-electron chi connectivity index (χ1n) is 4.12. The fourth-order valence-electron chi connectivity index (χ4n) is 0.945. The number of thioether (sulfide) groups is 1. The Balaban J connectivity index is 2.32. The Morgan fingerprint density at radius 2 is 2.46 bits per heavy atom. The van der Waals surface area contributed by atoms with Gasteiger partial charge in [0.15, 0.2) is 0 Å². The lowest BCUT2D eigenvalue weighted by molar-refractivity contribution is 0.731. The van der Waals surface area contributed by atoms with Gasteiger partial charge in [0.2, 0.25) is 0 Å². The first kappa shape index (κ1) is 10.8. The van der Waals surface area contributed by atoms with Gasteiger partial charge in [0.25, 0.3) is 0 Å². The van der Waals surface area contributed by atoms with Crippen LogP contribution in [0.4, 0.5) is 0 Å². The number of rotatable bonds is 5. The molecule has 0 saturated carbocycles. The molecular formula is C9H13ClN2S. The van der Waals surface area contributed by atoms with Crippen molar-refractivity contribution in [2.45, 2.75) is 6.54 Å². The zero-order chi connectivity index (χ0) is 9.52. The predicted molar refractivity (Wildman–Crippen MR) is 59.3 cm³/mol. The highest BCUT2D eigenvalue weighted by atomic mass is 35.5. The van der Waals surface area contributed by atoms with Gasteiger partial charge in [-0.2, -0.15) is 11.8 Å². The molecule has 0 aliphatic carbocycles. The number of pyridine rings is 1. The van der Waals surface area contributed by atoms with Crippen molar-refractivity contribution in [3.8, 4) is 0 Å². The van der Waals surface area contributed by atoms with E-state index in [2.05, 4.69) is 16.6 Å². The molecule has 0 radical (unpaired) electrons. The maximum Gasteiger partial charge on any atom is 0.0634 e. The summed E-state index contributed by atoms with van der Waals surface area (Å²) in [6.07, 6.45) is 5.53. The van der Waals surface area contributed by atoms with E-state index in [1.165, 1.54) is 0 Å². The van der Waals surface area contributed by atoms with Gasteiger partial charge in [-0.15, -0.1) is 0 Å². The van der Waals surface area contributed by atoms with Crippen molar-refractivity contribution in [1.82, 2.24) is 10.3 Å². The van der Waals surface area contributed by atoms with Crippen LogP contribution >= 0.6 is 23.4 Å². The molecule has 0 saturated heterocycles. The van der Waals surface area contributed by atoms with E-state index in [4.69, 9.17) is 11.6 Å². The van der Waals surface area contributed by atoms with Gasteiger partial charge < -0.3 is 5.32 Å². The molecular weight excluding hydrogens is 204 g/mol. The summed E-state index contributed by atoms with van der Waals surface area (Å²) in [5, 5.41) is 4.05. The first-order valence-corrected chi connectivity index (χ1v) is 5.90. The third-order valence-corrected chi connectivity index (χ3v) is 2.61. The van der Waals surface area contributed by atoms with Gasteiger partial charge in [0.05, 0.1) is 5.02 Å². The highest BCUT2D eigenvalue weighted by Crippen LogP contribution is 2.12. The molecule has 1 heterocycles. The minimum absolute atomic E-state index is 0.735. The van der Waals surface area contributed by atoms with Crippen LogP contribution in [-0.2, 0) is 6.54 Å². The lowest BCUT2D eigenvalue weighted by atomic mass is 10.3. The summed E-state index contributed by atoms with van der Waals surface area (Å²) >= 11 is 7.76. The number of halogens is 1. The molecule has 0 fully saturated rings. The van der Waals surface area contributed by atoms with E-state index in [9.17, 15) is 0 Å². The van der Waals surface area contributed by atoms with Crippen molar-refractivity contribution in [1.29, 1.82) is 0 Å². The minimum atomic E-state index is 0.735. The highest BCUT2D eigenvalue weighted by molar-refractivity contribution is 7.98. The van der Waals surface area contributed by atoms with Crippen LogP contribution in [0.1, 0.15) is 5.56 Å². The topological polar surface area (TPSA) is 24.9 Å². The van der Waals surface area contributed by atoms with Crippen molar-refractivity contribution in [3.05, 3.63) is 29.0 Å². The van der Waals surface area contributed by atoms with Crippen molar-refractivity contribution in [3.63, 3.8) is 0 Å². The molecule has 0 spiro atoms. The Morgan fingerprint density at radius 3 is 3.15 bits per heavy atom. The molecule has 0 atom stereocenters. The molecule has 2 nitrogen and oxygen atoms in total. The van der Waals surface area contributed by atoms with Gasteiger partial charge in [-0.25, -0.2) is 0 Å². The molecule has 1 N–H and O–H groups in total. The van der Waals surface area contributed by atoms with Crippen molar-refractivity contribution >= 4 is 23.4 Å². The van der Waals surface area contributed by atoms with Crippen molar-refractivity contribution in [2.24, 2.45) is 0 Å². The van der Waals surface area contributed by atoms with Gasteiger partial charge >= 0.3 is 0 Å². The van der Waals surface area contributed by atoms with E-state index in [-0.39, 0.29) is 0 Å². The first-order chi connectivity index (χ1) is 6.34. The van der Waals surface area contributed by atoms with E-state index >= 15 is 0 Å². The zero-order valence-electron chi connectivity index (χ0n) is 7.59. The van der Waals surface area contributed by atoms with E-state index in [0.717, 1.165) is 29.4 Å². The van der Waals surface area contributed by atoms with Crippen LogP contribution in [0.15, 0.2) is 18.5 Å². The Hall–Kier alpha value is -0.250. The standard InChI is InChI=1S/C9H13ClN2S/c1-13-5-4-12-6-8-2-3-11-7-9(8)10/h2-3,7,12H,4-6H2,1H3. The summed E-state index contributed by atoms with van der Waals surface area (Å²) in [5.74, 6) is 1.13. The molecule has 0 aliphatic heterocycles.